The first-order valence-corrected chi connectivity index (χ1v) is 25.0. The number of aryl methyl sites for hydroxylation is 4. The van der Waals surface area contributed by atoms with Gasteiger partial charge in [0.05, 0.1) is 17.1 Å². The van der Waals surface area contributed by atoms with E-state index in [0.717, 1.165) is 67.7 Å². The van der Waals surface area contributed by atoms with Crippen molar-refractivity contribution >= 4 is 22.8 Å². The van der Waals surface area contributed by atoms with Gasteiger partial charge in [0.1, 0.15) is 5.71 Å². The lowest BCUT2D eigenvalue weighted by Crippen LogP contribution is -2.13. The number of benzene rings is 2. The predicted octanol–water partition coefficient (Wildman–Crippen LogP) is 18.1. The summed E-state index contributed by atoms with van der Waals surface area (Å²) in [5.74, 6) is 7.35. The molecule has 57 heavy (non-hydrogen) atoms. The molecule has 0 aromatic heterocycles. The van der Waals surface area contributed by atoms with Gasteiger partial charge in [-0.1, -0.05) is 194 Å². The van der Waals surface area contributed by atoms with Gasteiger partial charge in [0.15, 0.2) is 0 Å². The van der Waals surface area contributed by atoms with Crippen LogP contribution in [0.1, 0.15) is 250 Å². The molecule has 0 heterocycles. The summed E-state index contributed by atoms with van der Waals surface area (Å²) < 4.78 is 0. The molecule has 2 aromatic rings. The summed E-state index contributed by atoms with van der Waals surface area (Å²) in [6.45, 7) is 13.8. The van der Waals surface area contributed by atoms with E-state index in [9.17, 15) is 0 Å². The lowest BCUT2D eigenvalue weighted by molar-refractivity contribution is 0.567. The molecule has 0 saturated carbocycles. The minimum absolute atomic E-state index is 0.911. The maximum Gasteiger partial charge on any atom is 0.135 e. The summed E-state index contributed by atoms with van der Waals surface area (Å²) in [6, 6.07) is 14.4. The third-order valence-electron chi connectivity index (χ3n) is 11.5. The SMILES string of the molecule is CCCCCCCCCCCC#CC(=Nc1cc(CCCCC)cc(CCCCC)c1)C(CCCCCCCC)=Nc1cc(CCCCC)cc(CCCCC)c1. The van der Waals surface area contributed by atoms with Crippen LogP contribution in [0.15, 0.2) is 46.4 Å². The first-order valence-electron chi connectivity index (χ1n) is 25.0. The van der Waals surface area contributed by atoms with Crippen molar-refractivity contribution in [2.75, 3.05) is 0 Å². The number of hydrogen-bond acceptors (Lipinski definition) is 2. The molecule has 0 unspecified atom stereocenters. The third-order valence-corrected chi connectivity index (χ3v) is 11.5. The molecule has 2 heteroatoms. The quantitative estimate of drug-likeness (QED) is 0.0378. The van der Waals surface area contributed by atoms with Crippen molar-refractivity contribution < 1.29 is 0 Å². The molecule has 0 aliphatic heterocycles. The van der Waals surface area contributed by atoms with Crippen LogP contribution in [0, 0.1) is 11.8 Å². The number of hydrogen-bond donors (Lipinski definition) is 0. The number of rotatable bonds is 35. The number of aliphatic imine (C=N–C) groups is 2. The molecule has 2 rings (SSSR count). The fraction of sp³-hybridized carbons (Fsp3) is 0.709. The van der Waals surface area contributed by atoms with Gasteiger partial charge in [0, 0.05) is 6.42 Å². The van der Waals surface area contributed by atoms with Crippen molar-refractivity contribution in [1.82, 2.24) is 0 Å². The van der Waals surface area contributed by atoms with E-state index < -0.39 is 0 Å². The lowest BCUT2D eigenvalue weighted by Gasteiger charge is -2.12. The Bertz CT molecular complexity index is 1340. The second-order valence-corrected chi connectivity index (χ2v) is 17.3. The summed E-state index contributed by atoms with van der Waals surface area (Å²) >= 11 is 0. The van der Waals surface area contributed by atoms with E-state index in [1.165, 1.54) is 189 Å². The van der Waals surface area contributed by atoms with Crippen molar-refractivity contribution in [1.29, 1.82) is 0 Å². The zero-order valence-electron chi connectivity index (χ0n) is 38.7. The molecule has 2 nitrogen and oxygen atoms in total. The van der Waals surface area contributed by atoms with Crippen LogP contribution in [0.3, 0.4) is 0 Å². The molecule has 0 N–H and O–H groups in total. The fourth-order valence-electron chi connectivity index (χ4n) is 7.93. The Morgan fingerprint density at radius 2 is 0.702 bits per heavy atom. The van der Waals surface area contributed by atoms with E-state index in [1.807, 2.05) is 0 Å². The van der Waals surface area contributed by atoms with Gasteiger partial charge in [-0.05, 0) is 123 Å². The molecule has 0 atom stereocenters. The Hall–Kier alpha value is -2.66. The van der Waals surface area contributed by atoms with Gasteiger partial charge >= 0.3 is 0 Å². The fourth-order valence-corrected chi connectivity index (χ4v) is 7.93. The topological polar surface area (TPSA) is 24.7 Å². The maximum atomic E-state index is 5.59. The summed E-state index contributed by atoms with van der Waals surface area (Å²) in [6.07, 6.45) is 41.2. The highest BCUT2D eigenvalue weighted by Crippen LogP contribution is 2.26. The molecule has 0 saturated heterocycles. The van der Waals surface area contributed by atoms with Crippen LogP contribution >= 0.6 is 0 Å². The summed E-state index contributed by atoms with van der Waals surface area (Å²) in [5.41, 5.74) is 9.95. The van der Waals surface area contributed by atoms with Gasteiger partial charge < -0.3 is 0 Å². The van der Waals surface area contributed by atoms with E-state index >= 15 is 0 Å². The maximum absolute atomic E-state index is 5.59. The molecule has 0 amide bonds. The number of unbranched alkanes of at least 4 members (excludes halogenated alkanes) is 22. The van der Waals surface area contributed by atoms with Gasteiger partial charge in [-0.25, -0.2) is 4.99 Å². The van der Waals surface area contributed by atoms with Crippen molar-refractivity contribution in [3.8, 4) is 11.8 Å². The molecular weight excluding hydrogens is 689 g/mol. The Morgan fingerprint density at radius 1 is 0.368 bits per heavy atom. The van der Waals surface area contributed by atoms with Gasteiger partial charge in [0.2, 0.25) is 0 Å². The molecule has 0 bridgehead atoms. The summed E-state index contributed by atoms with van der Waals surface area (Å²) in [5, 5.41) is 0. The van der Waals surface area contributed by atoms with Crippen LogP contribution in [-0.2, 0) is 25.7 Å². The lowest BCUT2D eigenvalue weighted by atomic mass is 9.99. The standard InChI is InChI=1S/C55H90N2/c1-7-13-19-21-23-24-25-26-27-29-35-41-55(57-53-46-50(38-32-17-11-5)43-51(47-53)39-33-18-12-6)54(40-34-28-22-20-14-8-2)56-52-44-48(36-30-15-9-3)42-49(45-52)37-31-16-10-4/h42-47H,7-34,36-40H2,1-6H3. The van der Waals surface area contributed by atoms with Crippen molar-refractivity contribution in [3.05, 3.63) is 58.7 Å². The molecule has 0 fully saturated rings. The van der Waals surface area contributed by atoms with E-state index in [4.69, 9.17) is 9.98 Å². The second-order valence-electron chi connectivity index (χ2n) is 17.3. The van der Waals surface area contributed by atoms with Crippen LogP contribution in [0.25, 0.3) is 0 Å². The molecule has 2 aromatic carbocycles. The Balaban J connectivity index is 2.60. The van der Waals surface area contributed by atoms with E-state index in [0.29, 0.717) is 0 Å². The highest BCUT2D eigenvalue weighted by molar-refractivity contribution is 6.49. The number of nitrogens with zero attached hydrogens (tertiary/aromatic N) is 2. The largest absolute Gasteiger partial charge is 0.250 e. The first-order chi connectivity index (χ1) is 28.1. The molecule has 320 valence electrons. The Kier molecular flexibility index (Phi) is 31.3. The van der Waals surface area contributed by atoms with Crippen LogP contribution in [0.2, 0.25) is 0 Å². The zero-order valence-corrected chi connectivity index (χ0v) is 38.7. The minimum atomic E-state index is 0.911. The van der Waals surface area contributed by atoms with E-state index in [-0.39, 0.29) is 0 Å². The van der Waals surface area contributed by atoms with E-state index in [2.05, 4.69) is 89.8 Å². The predicted molar refractivity (Wildman–Crippen MR) is 258 cm³/mol. The van der Waals surface area contributed by atoms with E-state index in [1.54, 1.807) is 0 Å². The highest BCUT2D eigenvalue weighted by atomic mass is 14.8. The molecular formula is C55H90N2. The van der Waals surface area contributed by atoms with Gasteiger partial charge in [-0.15, -0.1) is 0 Å². The Morgan fingerprint density at radius 3 is 1.11 bits per heavy atom. The highest BCUT2D eigenvalue weighted by Gasteiger charge is 2.12. The van der Waals surface area contributed by atoms with Crippen LogP contribution in [-0.4, -0.2) is 11.4 Å². The molecule has 0 aliphatic rings. The average molecular weight is 779 g/mol. The molecule has 0 aliphatic carbocycles. The summed E-state index contributed by atoms with van der Waals surface area (Å²) in [7, 11) is 0. The third kappa shape index (κ3) is 25.4. The smallest absolute Gasteiger partial charge is 0.135 e. The summed E-state index contributed by atoms with van der Waals surface area (Å²) in [4.78, 5) is 11.1. The first kappa shape index (κ1) is 50.5. The van der Waals surface area contributed by atoms with Gasteiger partial charge in [-0.2, -0.15) is 0 Å². The van der Waals surface area contributed by atoms with Crippen molar-refractivity contribution in [2.24, 2.45) is 9.98 Å². The van der Waals surface area contributed by atoms with Gasteiger partial charge in [-0.3, -0.25) is 4.99 Å². The molecule has 0 spiro atoms. The van der Waals surface area contributed by atoms with Crippen LogP contribution in [0.4, 0.5) is 11.4 Å². The average Bonchev–Trinajstić information content (AvgIpc) is 3.21. The second kappa shape index (κ2) is 35.3. The minimum Gasteiger partial charge on any atom is -0.250 e. The van der Waals surface area contributed by atoms with Crippen molar-refractivity contribution in [3.63, 3.8) is 0 Å². The normalized spacial score (nSPS) is 12.0. The zero-order chi connectivity index (χ0) is 41.0. The van der Waals surface area contributed by atoms with Crippen LogP contribution < -0.4 is 0 Å². The van der Waals surface area contributed by atoms with Gasteiger partial charge in [0.25, 0.3) is 0 Å². The van der Waals surface area contributed by atoms with Crippen molar-refractivity contribution in [2.45, 2.75) is 253 Å². The van der Waals surface area contributed by atoms with Crippen LogP contribution in [0.5, 0.6) is 0 Å². The molecule has 0 radical (unpaired) electrons. The monoisotopic (exact) mass is 779 g/mol. The Labute approximate surface area is 355 Å².